The quantitative estimate of drug-likeness (QED) is 0.818. The molecular weight excluding hydrogens is 234 g/mol. The maximum atomic E-state index is 13.2. The minimum atomic E-state index is -0.892. The molecule has 18 heavy (non-hydrogen) atoms. The van der Waals surface area contributed by atoms with Crippen LogP contribution in [0.1, 0.15) is 11.1 Å². The van der Waals surface area contributed by atoms with Gasteiger partial charge in [0.15, 0.2) is 11.6 Å². The zero-order valence-corrected chi connectivity index (χ0v) is 9.45. The molecule has 0 unspecified atom stereocenters. The van der Waals surface area contributed by atoms with Crippen molar-refractivity contribution in [2.24, 2.45) is 0 Å². The predicted molar refractivity (Wildman–Crippen MR) is 65.8 cm³/mol. The molecule has 0 aromatic heterocycles. The molecule has 0 spiro atoms. The molecule has 2 nitrogen and oxygen atoms in total. The summed E-state index contributed by atoms with van der Waals surface area (Å²) in [6, 6.07) is 11.2. The number of amidine groups is 1. The van der Waals surface area contributed by atoms with Crippen LogP contribution in [0, 0.1) is 17.0 Å². The summed E-state index contributed by atoms with van der Waals surface area (Å²) >= 11 is 0. The number of benzene rings is 2. The fourth-order valence-electron chi connectivity index (χ4n) is 2.16. The lowest BCUT2D eigenvalue weighted by Gasteiger charge is -2.18. The Labute approximate surface area is 103 Å². The minimum absolute atomic E-state index is 0.316. The first-order chi connectivity index (χ1) is 8.66. The molecule has 0 radical (unpaired) electrons. The average molecular weight is 244 g/mol. The molecule has 0 amide bonds. The molecule has 0 fully saturated rings. The third kappa shape index (κ3) is 1.57. The summed E-state index contributed by atoms with van der Waals surface area (Å²) in [5.74, 6) is -1.45. The highest BCUT2D eigenvalue weighted by Gasteiger charge is 2.25. The summed E-state index contributed by atoms with van der Waals surface area (Å²) in [5.41, 5.74) is 2.35. The SMILES string of the molecule is N=C1c2ccccc2CN1c1ccc(F)c(F)c1. The molecule has 0 bridgehead atoms. The van der Waals surface area contributed by atoms with E-state index in [0.717, 1.165) is 23.3 Å². The van der Waals surface area contributed by atoms with Gasteiger partial charge in [-0.2, -0.15) is 0 Å². The van der Waals surface area contributed by atoms with E-state index in [-0.39, 0.29) is 0 Å². The molecule has 4 heteroatoms. The Hall–Kier alpha value is -2.23. The second-order valence-corrected chi connectivity index (χ2v) is 4.19. The Morgan fingerprint density at radius 2 is 1.78 bits per heavy atom. The molecule has 2 aromatic rings. The Kier molecular flexibility index (Phi) is 2.37. The van der Waals surface area contributed by atoms with E-state index in [9.17, 15) is 8.78 Å². The van der Waals surface area contributed by atoms with Gasteiger partial charge in [-0.1, -0.05) is 24.3 Å². The molecule has 1 aliphatic rings. The van der Waals surface area contributed by atoms with Crippen LogP contribution < -0.4 is 4.90 Å². The van der Waals surface area contributed by atoms with Crippen molar-refractivity contribution in [3.05, 3.63) is 65.2 Å². The van der Waals surface area contributed by atoms with Crippen molar-refractivity contribution in [1.29, 1.82) is 5.41 Å². The zero-order valence-electron chi connectivity index (χ0n) is 9.45. The molecular formula is C14H10F2N2. The van der Waals surface area contributed by atoms with Gasteiger partial charge in [0, 0.05) is 17.3 Å². The molecule has 90 valence electrons. The highest BCUT2D eigenvalue weighted by atomic mass is 19.2. The molecule has 0 atom stereocenters. The van der Waals surface area contributed by atoms with E-state index >= 15 is 0 Å². The Morgan fingerprint density at radius 1 is 1.00 bits per heavy atom. The second kappa shape index (κ2) is 3.91. The maximum absolute atomic E-state index is 13.2. The van der Waals surface area contributed by atoms with Crippen LogP contribution in [0.4, 0.5) is 14.5 Å². The monoisotopic (exact) mass is 244 g/mol. The van der Waals surface area contributed by atoms with Crippen LogP contribution in [0.5, 0.6) is 0 Å². The summed E-state index contributed by atoms with van der Waals surface area (Å²) in [5, 5.41) is 8.06. The summed E-state index contributed by atoms with van der Waals surface area (Å²) < 4.78 is 26.1. The van der Waals surface area contributed by atoms with Gasteiger partial charge in [-0.15, -0.1) is 0 Å². The molecule has 0 saturated carbocycles. The van der Waals surface area contributed by atoms with Crippen LogP contribution in [0.15, 0.2) is 42.5 Å². The van der Waals surface area contributed by atoms with Crippen LogP contribution >= 0.6 is 0 Å². The Morgan fingerprint density at radius 3 is 2.50 bits per heavy atom. The van der Waals surface area contributed by atoms with Crippen LogP contribution in [0.25, 0.3) is 0 Å². The van der Waals surface area contributed by atoms with Gasteiger partial charge in [0.05, 0.1) is 6.54 Å². The summed E-state index contributed by atoms with van der Waals surface area (Å²) in [6.45, 7) is 0.514. The highest BCUT2D eigenvalue weighted by molar-refractivity contribution is 6.11. The smallest absolute Gasteiger partial charge is 0.160 e. The van der Waals surface area contributed by atoms with Gasteiger partial charge in [-0.25, -0.2) is 8.78 Å². The predicted octanol–water partition coefficient (Wildman–Crippen LogP) is 3.31. The molecule has 1 heterocycles. The second-order valence-electron chi connectivity index (χ2n) is 4.19. The topological polar surface area (TPSA) is 27.1 Å². The molecule has 0 saturated heterocycles. The van der Waals surface area contributed by atoms with Crippen molar-refractivity contribution >= 4 is 11.5 Å². The fourth-order valence-corrected chi connectivity index (χ4v) is 2.16. The van der Waals surface area contributed by atoms with Gasteiger partial charge in [-0.05, 0) is 17.7 Å². The lowest BCUT2D eigenvalue weighted by atomic mass is 10.1. The summed E-state index contributed by atoms with van der Waals surface area (Å²) in [6.07, 6.45) is 0. The maximum Gasteiger partial charge on any atom is 0.160 e. The largest absolute Gasteiger partial charge is 0.322 e. The number of fused-ring (bicyclic) bond motifs is 1. The van der Waals surface area contributed by atoms with Crippen LogP contribution in [-0.4, -0.2) is 5.84 Å². The van der Waals surface area contributed by atoms with Gasteiger partial charge < -0.3 is 4.90 Å². The number of nitrogens with zero attached hydrogens (tertiary/aromatic N) is 1. The van der Waals surface area contributed by atoms with Gasteiger partial charge >= 0.3 is 0 Å². The van der Waals surface area contributed by atoms with Crippen molar-refractivity contribution in [1.82, 2.24) is 0 Å². The van der Waals surface area contributed by atoms with Crippen molar-refractivity contribution in [2.75, 3.05) is 4.90 Å². The molecule has 0 aliphatic carbocycles. The molecule has 3 rings (SSSR count). The molecule has 2 aromatic carbocycles. The highest BCUT2D eigenvalue weighted by Crippen LogP contribution is 2.28. The van der Waals surface area contributed by atoms with E-state index in [2.05, 4.69) is 0 Å². The molecule has 1 aliphatic heterocycles. The number of hydrogen-bond donors (Lipinski definition) is 1. The van der Waals surface area contributed by atoms with Crippen LogP contribution in [0.3, 0.4) is 0 Å². The Bertz CT molecular complexity index is 637. The number of anilines is 1. The first-order valence-corrected chi connectivity index (χ1v) is 5.56. The van der Waals surface area contributed by atoms with Gasteiger partial charge in [0.25, 0.3) is 0 Å². The van der Waals surface area contributed by atoms with Crippen molar-refractivity contribution in [2.45, 2.75) is 6.54 Å². The first kappa shape index (κ1) is 10.9. The van der Waals surface area contributed by atoms with E-state index in [1.54, 1.807) is 4.90 Å². The standard InChI is InChI=1S/C14H10F2N2/c15-12-6-5-10(7-13(12)16)18-8-9-3-1-2-4-11(9)14(18)17/h1-7,17H,8H2. The molecule has 1 N–H and O–H groups in total. The van der Waals surface area contributed by atoms with Crippen molar-refractivity contribution < 1.29 is 8.78 Å². The lowest BCUT2D eigenvalue weighted by Crippen LogP contribution is -2.23. The fraction of sp³-hybridized carbons (Fsp3) is 0.0714. The van der Waals surface area contributed by atoms with E-state index < -0.39 is 11.6 Å². The normalized spacial score (nSPS) is 13.9. The third-order valence-corrected chi connectivity index (χ3v) is 3.09. The van der Waals surface area contributed by atoms with E-state index in [0.29, 0.717) is 18.1 Å². The average Bonchev–Trinajstić information content (AvgIpc) is 2.71. The van der Waals surface area contributed by atoms with Crippen LogP contribution in [0.2, 0.25) is 0 Å². The number of hydrogen-bond acceptors (Lipinski definition) is 1. The third-order valence-electron chi connectivity index (χ3n) is 3.09. The van der Waals surface area contributed by atoms with Crippen molar-refractivity contribution in [3.8, 4) is 0 Å². The van der Waals surface area contributed by atoms with Crippen molar-refractivity contribution in [3.63, 3.8) is 0 Å². The first-order valence-electron chi connectivity index (χ1n) is 5.56. The van der Waals surface area contributed by atoms with E-state index in [1.165, 1.54) is 6.07 Å². The van der Waals surface area contributed by atoms with Gasteiger partial charge in [-0.3, -0.25) is 5.41 Å². The lowest BCUT2D eigenvalue weighted by molar-refractivity contribution is 0.508. The Balaban J connectivity index is 2.01. The number of nitrogens with one attached hydrogen (secondary N) is 1. The summed E-state index contributed by atoms with van der Waals surface area (Å²) in [4.78, 5) is 1.66. The number of halogens is 2. The van der Waals surface area contributed by atoms with E-state index in [1.807, 2.05) is 24.3 Å². The summed E-state index contributed by atoms with van der Waals surface area (Å²) in [7, 11) is 0. The van der Waals surface area contributed by atoms with E-state index in [4.69, 9.17) is 5.41 Å². The van der Waals surface area contributed by atoms with Gasteiger partial charge in [0.2, 0.25) is 0 Å². The van der Waals surface area contributed by atoms with Gasteiger partial charge in [0.1, 0.15) is 5.84 Å². The zero-order chi connectivity index (χ0) is 12.7. The minimum Gasteiger partial charge on any atom is -0.322 e. The number of rotatable bonds is 1. The van der Waals surface area contributed by atoms with Crippen LogP contribution in [-0.2, 0) is 6.54 Å².